The van der Waals surface area contributed by atoms with Gasteiger partial charge in [0.2, 0.25) is 11.8 Å². The van der Waals surface area contributed by atoms with Crippen molar-refractivity contribution in [1.82, 2.24) is 10.2 Å². The van der Waals surface area contributed by atoms with Gasteiger partial charge in [-0.25, -0.2) is 0 Å². The Kier molecular flexibility index (Phi) is 7.54. The molecule has 0 bridgehead atoms. The number of carbonyl (C=O) groups excluding carboxylic acids is 2. The Bertz CT molecular complexity index is 250. The second-order valence-corrected chi connectivity index (χ2v) is 4.16. The van der Waals surface area contributed by atoms with Crippen LogP contribution in [0, 0.1) is 0 Å². The Hall–Kier alpha value is -1.10. The second kappa shape index (κ2) is 8.06. The first-order chi connectivity index (χ1) is 7.92. The van der Waals surface area contributed by atoms with Gasteiger partial charge < -0.3 is 15.0 Å². The highest BCUT2D eigenvalue weighted by Gasteiger charge is 2.19. The van der Waals surface area contributed by atoms with Gasteiger partial charge in [-0.2, -0.15) is 0 Å². The molecular weight excluding hydrogens is 220 g/mol. The van der Waals surface area contributed by atoms with E-state index < -0.39 is 6.04 Å². The van der Waals surface area contributed by atoms with Crippen molar-refractivity contribution in [2.45, 2.75) is 46.8 Å². The SMILES string of the molecule is CCN(CC)C(=O)C(C)NC(=O)COC(C)C. The molecule has 0 fully saturated rings. The minimum Gasteiger partial charge on any atom is -0.369 e. The van der Waals surface area contributed by atoms with Gasteiger partial charge in [0.15, 0.2) is 0 Å². The lowest BCUT2D eigenvalue weighted by Crippen LogP contribution is -2.47. The molecule has 1 atom stereocenters. The third-order valence-electron chi connectivity index (χ3n) is 2.37. The smallest absolute Gasteiger partial charge is 0.246 e. The summed E-state index contributed by atoms with van der Waals surface area (Å²) in [6, 6.07) is -0.502. The number of carbonyl (C=O) groups is 2. The van der Waals surface area contributed by atoms with E-state index in [1.807, 2.05) is 27.7 Å². The fourth-order valence-electron chi connectivity index (χ4n) is 1.40. The molecule has 2 amide bonds. The van der Waals surface area contributed by atoms with Crippen LogP contribution in [0.5, 0.6) is 0 Å². The standard InChI is InChI=1S/C12H24N2O3/c1-6-14(7-2)12(16)10(5)13-11(15)8-17-9(3)4/h9-10H,6-8H2,1-5H3,(H,13,15). The number of rotatable bonds is 7. The molecule has 100 valence electrons. The lowest BCUT2D eigenvalue weighted by molar-refractivity contribution is -0.137. The number of hydrogen-bond donors (Lipinski definition) is 1. The first kappa shape index (κ1) is 15.9. The van der Waals surface area contributed by atoms with Crippen molar-refractivity contribution in [2.24, 2.45) is 0 Å². The van der Waals surface area contributed by atoms with Crippen LogP contribution in [0.4, 0.5) is 0 Å². The molecule has 0 spiro atoms. The molecule has 0 heterocycles. The van der Waals surface area contributed by atoms with Gasteiger partial charge in [0.05, 0.1) is 6.10 Å². The Labute approximate surface area is 103 Å². The van der Waals surface area contributed by atoms with E-state index in [1.54, 1.807) is 11.8 Å². The predicted octanol–water partition coefficient (Wildman–Crippen LogP) is 0.785. The largest absolute Gasteiger partial charge is 0.369 e. The molecule has 0 saturated heterocycles. The predicted molar refractivity (Wildman–Crippen MR) is 66.6 cm³/mol. The van der Waals surface area contributed by atoms with E-state index in [-0.39, 0.29) is 24.5 Å². The molecule has 0 aliphatic carbocycles. The fraction of sp³-hybridized carbons (Fsp3) is 0.833. The zero-order valence-corrected chi connectivity index (χ0v) is 11.4. The van der Waals surface area contributed by atoms with E-state index in [0.717, 1.165) is 0 Å². The minimum atomic E-state index is -0.502. The van der Waals surface area contributed by atoms with Crippen LogP contribution >= 0.6 is 0 Å². The number of nitrogens with zero attached hydrogens (tertiary/aromatic N) is 1. The summed E-state index contributed by atoms with van der Waals surface area (Å²) in [7, 11) is 0. The number of likely N-dealkylation sites (N-methyl/N-ethyl adjacent to an activating group) is 1. The van der Waals surface area contributed by atoms with Crippen LogP contribution in [0.15, 0.2) is 0 Å². The maximum atomic E-state index is 11.8. The van der Waals surface area contributed by atoms with E-state index in [9.17, 15) is 9.59 Å². The van der Waals surface area contributed by atoms with Crippen molar-refractivity contribution < 1.29 is 14.3 Å². The summed E-state index contributed by atoms with van der Waals surface area (Å²) in [6.45, 7) is 10.5. The van der Waals surface area contributed by atoms with Crippen molar-refractivity contribution in [1.29, 1.82) is 0 Å². The molecule has 1 N–H and O–H groups in total. The zero-order valence-electron chi connectivity index (χ0n) is 11.4. The molecule has 0 aliphatic heterocycles. The quantitative estimate of drug-likeness (QED) is 0.720. The van der Waals surface area contributed by atoms with Crippen molar-refractivity contribution in [2.75, 3.05) is 19.7 Å². The minimum absolute atomic E-state index is 0.00641. The van der Waals surface area contributed by atoms with E-state index in [2.05, 4.69) is 5.32 Å². The molecule has 0 rings (SSSR count). The van der Waals surface area contributed by atoms with Gasteiger partial charge in [-0.3, -0.25) is 9.59 Å². The zero-order chi connectivity index (χ0) is 13.4. The fourth-order valence-corrected chi connectivity index (χ4v) is 1.40. The first-order valence-corrected chi connectivity index (χ1v) is 6.12. The lowest BCUT2D eigenvalue weighted by Gasteiger charge is -2.23. The van der Waals surface area contributed by atoms with E-state index in [4.69, 9.17) is 4.74 Å². The average Bonchev–Trinajstić information content (AvgIpc) is 2.27. The number of nitrogens with one attached hydrogen (secondary N) is 1. The maximum absolute atomic E-state index is 11.8. The van der Waals surface area contributed by atoms with Crippen LogP contribution in [0.3, 0.4) is 0 Å². The summed E-state index contributed by atoms with van der Waals surface area (Å²) in [5, 5.41) is 2.63. The lowest BCUT2D eigenvalue weighted by atomic mass is 10.2. The Morgan fingerprint density at radius 2 is 1.71 bits per heavy atom. The summed E-state index contributed by atoms with van der Waals surface area (Å²) < 4.78 is 5.16. The van der Waals surface area contributed by atoms with Crippen LogP contribution in [0.25, 0.3) is 0 Å². The van der Waals surface area contributed by atoms with Crippen LogP contribution in [0.2, 0.25) is 0 Å². The molecule has 0 radical (unpaired) electrons. The third kappa shape index (κ3) is 6.26. The monoisotopic (exact) mass is 244 g/mol. The van der Waals surface area contributed by atoms with E-state index in [0.29, 0.717) is 13.1 Å². The Balaban J connectivity index is 4.11. The van der Waals surface area contributed by atoms with Crippen molar-refractivity contribution in [3.8, 4) is 0 Å². The number of ether oxygens (including phenoxy) is 1. The van der Waals surface area contributed by atoms with Crippen LogP contribution in [-0.4, -0.2) is 48.6 Å². The number of amides is 2. The van der Waals surface area contributed by atoms with Gasteiger partial charge in [-0.15, -0.1) is 0 Å². The average molecular weight is 244 g/mol. The molecule has 0 aromatic rings. The van der Waals surface area contributed by atoms with Crippen LogP contribution < -0.4 is 5.32 Å². The van der Waals surface area contributed by atoms with Crippen LogP contribution in [-0.2, 0) is 14.3 Å². The summed E-state index contributed by atoms with van der Waals surface area (Å²) in [5.41, 5.74) is 0. The van der Waals surface area contributed by atoms with Gasteiger partial charge in [-0.05, 0) is 34.6 Å². The van der Waals surface area contributed by atoms with Gasteiger partial charge in [-0.1, -0.05) is 0 Å². The van der Waals surface area contributed by atoms with E-state index in [1.165, 1.54) is 0 Å². The van der Waals surface area contributed by atoms with Gasteiger partial charge in [0.25, 0.3) is 0 Å². The molecule has 0 saturated carbocycles. The number of hydrogen-bond acceptors (Lipinski definition) is 3. The molecule has 0 aromatic heterocycles. The topological polar surface area (TPSA) is 58.6 Å². The van der Waals surface area contributed by atoms with Gasteiger partial charge >= 0.3 is 0 Å². The molecule has 1 unspecified atom stereocenters. The maximum Gasteiger partial charge on any atom is 0.246 e. The van der Waals surface area contributed by atoms with Gasteiger partial charge in [0, 0.05) is 13.1 Å². The summed E-state index contributed by atoms with van der Waals surface area (Å²) in [6.07, 6.45) is 0.00883. The molecule has 5 heteroatoms. The molecule has 17 heavy (non-hydrogen) atoms. The molecule has 0 aromatic carbocycles. The second-order valence-electron chi connectivity index (χ2n) is 4.16. The normalized spacial score (nSPS) is 12.4. The van der Waals surface area contributed by atoms with Crippen molar-refractivity contribution in [3.05, 3.63) is 0 Å². The summed E-state index contributed by atoms with van der Waals surface area (Å²) in [4.78, 5) is 25.0. The third-order valence-corrected chi connectivity index (χ3v) is 2.37. The molecule has 5 nitrogen and oxygen atoms in total. The van der Waals surface area contributed by atoms with Gasteiger partial charge in [0.1, 0.15) is 12.6 Å². The summed E-state index contributed by atoms with van der Waals surface area (Å²) >= 11 is 0. The molecule has 0 aliphatic rings. The van der Waals surface area contributed by atoms with Crippen molar-refractivity contribution >= 4 is 11.8 Å². The van der Waals surface area contributed by atoms with E-state index >= 15 is 0 Å². The highest BCUT2D eigenvalue weighted by molar-refractivity contribution is 5.87. The summed E-state index contributed by atoms with van der Waals surface area (Å²) in [5.74, 6) is -0.320. The highest BCUT2D eigenvalue weighted by atomic mass is 16.5. The Morgan fingerprint density at radius 3 is 2.12 bits per heavy atom. The van der Waals surface area contributed by atoms with Crippen molar-refractivity contribution in [3.63, 3.8) is 0 Å². The van der Waals surface area contributed by atoms with Crippen LogP contribution in [0.1, 0.15) is 34.6 Å². The first-order valence-electron chi connectivity index (χ1n) is 6.12. The highest BCUT2D eigenvalue weighted by Crippen LogP contribution is 1.95. The molecular formula is C12H24N2O3. The Morgan fingerprint density at radius 1 is 1.18 bits per heavy atom.